The van der Waals surface area contributed by atoms with Crippen molar-refractivity contribution < 1.29 is 14.6 Å². The molecule has 0 saturated heterocycles. The molecule has 0 atom stereocenters. The van der Waals surface area contributed by atoms with Gasteiger partial charge in [0.15, 0.2) is 17.2 Å². The van der Waals surface area contributed by atoms with Crippen molar-refractivity contribution in [1.29, 1.82) is 0 Å². The van der Waals surface area contributed by atoms with E-state index in [1.807, 2.05) is 6.26 Å². The lowest BCUT2D eigenvalue weighted by Crippen LogP contribution is -1.91. The molecule has 0 aliphatic heterocycles. The minimum Gasteiger partial charge on any atom is -0.503 e. The summed E-state index contributed by atoms with van der Waals surface area (Å²) in [5.41, 5.74) is 0. The minimum absolute atomic E-state index is 0.0575. The van der Waals surface area contributed by atoms with Crippen molar-refractivity contribution in [2.75, 3.05) is 20.5 Å². The third-order valence-corrected chi connectivity index (χ3v) is 3.25. The summed E-state index contributed by atoms with van der Waals surface area (Å²) in [4.78, 5) is 0.911. The summed E-state index contributed by atoms with van der Waals surface area (Å²) in [6.07, 6.45) is 1.93. The van der Waals surface area contributed by atoms with Gasteiger partial charge in [-0.25, -0.2) is 0 Å². The number of methoxy groups -OCH3 is 2. The average molecular weight is 279 g/mol. The summed E-state index contributed by atoms with van der Waals surface area (Å²) >= 11 is 4.78. The van der Waals surface area contributed by atoms with Crippen molar-refractivity contribution in [3.8, 4) is 17.2 Å². The van der Waals surface area contributed by atoms with Gasteiger partial charge in [-0.1, -0.05) is 0 Å². The van der Waals surface area contributed by atoms with E-state index in [2.05, 4.69) is 15.9 Å². The van der Waals surface area contributed by atoms with E-state index in [-0.39, 0.29) is 5.75 Å². The molecule has 0 radical (unpaired) electrons. The second-order valence-electron chi connectivity index (χ2n) is 2.48. The molecule has 1 rings (SSSR count). The van der Waals surface area contributed by atoms with Gasteiger partial charge in [-0.05, 0) is 22.2 Å². The number of thioether (sulfide) groups is 1. The van der Waals surface area contributed by atoms with Gasteiger partial charge in [-0.2, -0.15) is 0 Å². The molecular weight excluding hydrogens is 268 g/mol. The number of hydrogen-bond donors (Lipinski definition) is 1. The summed E-state index contributed by atoms with van der Waals surface area (Å²) in [6.45, 7) is 0. The van der Waals surface area contributed by atoms with Crippen LogP contribution in [0.15, 0.2) is 15.4 Å². The summed E-state index contributed by atoms with van der Waals surface area (Å²) in [5.74, 6) is 1.11. The van der Waals surface area contributed by atoms with Gasteiger partial charge in [-0.15, -0.1) is 11.8 Å². The molecule has 0 amide bonds. The van der Waals surface area contributed by atoms with Crippen molar-refractivity contribution in [3.05, 3.63) is 10.5 Å². The predicted octanol–water partition coefficient (Wildman–Crippen LogP) is 2.89. The van der Waals surface area contributed by atoms with E-state index >= 15 is 0 Å². The number of phenols is 1. The fourth-order valence-corrected chi connectivity index (χ4v) is 2.37. The third-order valence-electron chi connectivity index (χ3n) is 1.77. The Kier molecular flexibility index (Phi) is 3.95. The molecule has 0 fully saturated rings. The Morgan fingerprint density at radius 1 is 1.36 bits per heavy atom. The Labute approximate surface area is 95.5 Å². The van der Waals surface area contributed by atoms with Crippen LogP contribution in [0, 0.1) is 0 Å². The monoisotopic (exact) mass is 278 g/mol. The maximum absolute atomic E-state index is 9.67. The largest absolute Gasteiger partial charge is 0.503 e. The van der Waals surface area contributed by atoms with Crippen molar-refractivity contribution in [3.63, 3.8) is 0 Å². The highest BCUT2D eigenvalue weighted by atomic mass is 79.9. The van der Waals surface area contributed by atoms with Crippen molar-refractivity contribution in [2.45, 2.75) is 4.90 Å². The van der Waals surface area contributed by atoms with Gasteiger partial charge in [0.1, 0.15) is 4.47 Å². The Balaban J connectivity index is 3.38. The first-order chi connectivity index (χ1) is 6.65. The SMILES string of the molecule is COc1cc(SC)c(OC)c(Br)c1O. The first kappa shape index (κ1) is 11.5. The molecule has 3 nitrogen and oxygen atoms in total. The van der Waals surface area contributed by atoms with Crippen LogP contribution in [0.4, 0.5) is 0 Å². The van der Waals surface area contributed by atoms with E-state index in [1.54, 1.807) is 13.2 Å². The molecule has 0 aromatic heterocycles. The number of ether oxygens (including phenoxy) is 2. The molecular formula is C9H11BrO3S. The van der Waals surface area contributed by atoms with Gasteiger partial charge in [0, 0.05) is 6.07 Å². The lowest BCUT2D eigenvalue weighted by molar-refractivity contribution is 0.358. The van der Waals surface area contributed by atoms with Gasteiger partial charge in [0.25, 0.3) is 0 Å². The van der Waals surface area contributed by atoms with Crippen molar-refractivity contribution in [1.82, 2.24) is 0 Å². The van der Waals surface area contributed by atoms with Gasteiger partial charge in [0.05, 0.1) is 19.1 Å². The fourth-order valence-electron chi connectivity index (χ4n) is 1.07. The van der Waals surface area contributed by atoms with Crippen LogP contribution < -0.4 is 9.47 Å². The molecule has 0 heterocycles. The summed E-state index contributed by atoms with van der Waals surface area (Å²) in [5, 5.41) is 9.67. The zero-order valence-corrected chi connectivity index (χ0v) is 10.5. The highest BCUT2D eigenvalue weighted by molar-refractivity contribution is 9.10. The molecule has 0 aliphatic carbocycles. The number of benzene rings is 1. The summed E-state index contributed by atoms with van der Waals surface area (Å²) < 4.78 is 10.7. The molecule has 1 aromatic rings. The third kappa shape index (κ3) is 1.93. The molecule has 0 unspecified atom stereocenters. The number of phenolic OH excluding ortho intramolecular Hbond substituents is 1. The Hall–Kier alpha value is -0.550. The van der Waals surface area contributed by atoms with Crippen LogP contribution in [-0.4, -0.2) is 25.6 Å². The van der Waals surface area contributed by atoms with Crippen LogP contribution in [-0.2, 0) is 0 Å². The predicted molar refractivity (Wildman–Crippen MR) is 60.7 cm³/mol. The van der Waals surface area contributed by atoms with Crippen molar-refractivity contribution >= 4 is 27.7 Å². The Bertz CT molecular complexity index is 341. The molecule has 1 aromatic carbocycles. The van der Waals surface area contributed by atoms with Crippen LogP contribution in [0.5, 0.6) is 17.2 Å². The van der Waals surface area contributed by atoms with Crippen LogP contribution in [0.3, 0.4) is 0 Å². The fraction of sp³-hybridized carbons (Fsp3) is 0.333. The topological polar surface area (TPSA) is 38.7 Å². The quantitative estimate of drug-likeness (QED) is 0.863. The first-order valence-electron chi connectivity index (χ1n) is 3.83. The number of aromatic hydroxyl groups is 1. The smallest absolute Gasteiger partial charge is 0.176 e. The van der Waals surface area contributed by atoms with Crippen molar-refractivity contribution in [2.24, 2.45) is 0 Å². The van der Waals surface area contributed by atoms with E-state index in [4.69, 9.17) is 9.47 Å². The van der Waals surface area contributed by atoms with Crippen LogP contribution >= 0.6 is 27.7 Å². The minimum atomic E-state index is 0.0575. The zero-order valence-electron chi connectivity index (χ0n) is 8.13. The highest BCUT2D eigenvalue weighted by Gasteiger charge is 2.16. The van der Waals surface area contributed by atoms with Gasteiger partial charge < -0.3 is 14.6 Å². The van der Waals surface area contributed by atoms with Crippen LogP contribution in [0.25, 0.3) is 0 Å². The van der Waals surface area contributed by atoms with Crippen LogP contribution in [0.2, 0.25) is 0 Å². The molecule has 14 heavy (non-hydrogen) atoms. The normalized spacial score (nSPS) is 10.0. The van der Waals surface area contributed by atoms with E-state index in [9.17, 15) is 5.11 Å². The zero-order chi connectivity index (χ0) is 10.7. The highest BCUT2D eigenvalue weighted by Crippen LogP contribution is 2.46. The molecule has 5 heteroatoms. The van der Waals surface area contributed by atoms with Crippen LogP contribution in [0.1, 0.15) is 0 Å². The molecule has 0 saturated carbocycles. The second kappa shape index (κ2) is 4.79. The molecule has 1 N–H and O–H groups in total. The van der Waals surface area contributed by atoms with Gasteiger partial charge in [-0.3, -0.25) is 0 Å². The van der Waals surface area contributed by atoms with Gasteiger partial charge >= 0.3 is 0 Å². The lowest BCUT2D eigenvalue weighted by Gasteiger charge is -2.12. The maximum Gasteiger partial charge on any atom is 0.176 e. The molecule has 78 valence electrons. The first-order valence-corrected chi connectivity index (χ1v) is 5.84. The van der Waals surface area contributed by atoms with E-state index in [1.165, 1.54) is 18.9 Å². The second-order valence-corrected chi connectivity index (χ2v) is 4.12. The number of halogens is 1. The number of hydrogen-bond acceptors (Lipinski definition) is 4. The summed E-state index contributed by atoms with van der Waals surface area (Å²) in [7, 11) is 3.07. The maximum atomic E-state index is 9.67. The average Bonchev–Trinajstić information content (AvgIpc) is 2.21. The molecule has 0 aliphatic rings. The van der Waals surface area contributed by atoms with Gasteiger partial charge in [0.2, 0.25) is 0 Å². The standard InChI is InChI=1S/C9H11BrO3S/c1-12-5-4-6(14-3)9(13-2)7(10)8(5)11/h4,11H,1-3H3. The Morgan fingerprint density at radius 3 is 2.43 bits per heavy atom. The summed E-state index contributed by atoms with van der Waals surface area (Å²) in [6, 6.07) is 1.74. The lowest BCUT2D eigenvalue weighted by atomic mass is 10.3. The molecule has 0 bridgehead atoms. The molecule has 0 spiro atoms. The van der Waals surface area contributed by atoms with E-state index in [0.29, 0.717) is 16.0 Å². The van der Waals surface area contributed by atoms with E-state index < -0.39 is 0 Å². The Morgan fingerprint density at radius 2 is 2.00 bits per heavy atom. The van der Waals surface area contributed by atoms with E-state index in [0.717, 1.165) is 4.90 Å². The number of rotatable bonds is 3.